The highest BCUT2D eigenvalue weighted by atomic mass is 35.5. The van der Waals surface area contributed by atoms with Gasteiger partial charge in [0.1, 0.15) is 11.4 Å². The maximum Gasteiger partial charge on any atom is 0.417 e. The highest BCUT2D eigenvalue weighted by Crippen LogP contribution is 2.37. The summed E-state index contributed by atoms with van der Waals surface area (Å²) in [4.78, 5) is 18.4. The average molecular weight is 456 g/mol. The summed E-state index contributed by atoms with van der Waals surface area (Å²) in [5.74, 6) is 0.228. The summed E-state index contributed by atoms with van der Waals surface area (Å²) in [5.41, 5.74) is 0.297. The fourth-order valence-electron chi connectivity index (χ4n) is 3.44. The zero-order valence-corrected chi connectivity index (χ0v) is 17.1. The van der Waals surface area contributed by atoms with Crippen LogP contribution in [-0.2, 0) is 17.4 Å². The molecule has 31 heavy (non-hydrogen) atoms. The molecule has 1 aliphatic heterocycles. The van der Waals surface area contributed by atoms with Gasteiger partial charge in [0, 0.05) is 24.6 Å². The van der Waals surface area contributed by atoms with Crippen LogP contribution in [-0.4, -0.2) is 44.4 Å². The number of alkyl halides is 3. The molecule has 0 radical (unpaired) electrons. The van der Waals surface area contributed by atoms with Crippen LogP contribution >= 0.6 is 11.6 Å². The second-order valence-electron chi connectivity index (χ2n) is 7.28. The van der Waals surface area contributed by atoms with Crippen molar-refractivity contribution in [3.8, 4) is 11.4 Å². The number of halogens is 4. The highest BCUT2D eigenvalue weighted by Gasteiger charge is 2.34. The number of hydrogen-bond donors (Lipinski definition) is 0. The molecule has 1 fully saturated rings. The monoisotopic (exact) mass is 455 g/mol. The predicted molar refractivity (Wildman–Crippen MR) is 101 cm³/mol. The Balaban J connectivity index is 1.41. The van der Waals surface area contributed by atoms with Gasteiger partial charge < -0.3 is 9.42 Å². The summed E-state index contributed by atoms with van der Waals surface area (Å²) in [6.07, 6.45) is -3.28. The lowest BCUT2D eigenvalue weighted by atomic mass is 9.96. The smallest absolute Gasteiger partial charge is 0.342 e. The number of carbonyl (C=O) groups excluding carboxylic acids is 1. The summed E-state index contributed by atoms with van der Waals surface area (Å²) in [6.45, 7) is 2.70. The first kappa shape index (κ1) is 21.3. The van der Waals surface area contributed by atoms with E-state index < -0.39 is 16.8 Å². The van der Waals surface area contributed by atoms with Crippen molar-refractivity contribution in [3.05, 3.63) is 46.1 Å². The minimum Gasteiger partial charge on any atom is -0.342 e. The van der Waals surface area contributed by atoms with Gasteiger partial charge in [-0.2, -0.15) is 18.2 Å². The van der Waals surface area contributed by atoms with Gasteiger partial charge in [-0.25, -0.2) is 4.63 Å². The number of likely N-dealkylation sites (tertiary alicyclic amines) is 1. The van der Waals surface area contributed by atoms with Crippen molar-refractivity contribution < 1.29 is 27.1 Å². The molecule has 12 heteroatoms. The number of aryl methyl sites for hydroxylation is 1. The average Bonchev–Trinajstić information content (AvgIpc) is 3.37. The first-order valence-corrected chi connectivity index (χ1v) is 9.86. The molecule has 1 aliphatic rings. The van der Waals surface area contributed by atoms with Gasteiger partial charge in [0.05, 0.1) is 17.0 Å². The van der Waals surface area contributed by atoms with Crippen LogP contribution < -0.4 is 0 Å². The van der Waals surface area contributed by atoms with Gasteiger partial charge in [-0.15, -0.1) is 0 Å². The van der Waals surface area contributed by atoms with E-state index in [1.807, 2.05) is 0 Å². The Morgan fingerprint density at radius 3 is 2.61 bits per heavy atom. The van der Waals surface area contributed by atoms with E-state index in [2.05, 4.69) is 25.1 Å². The number of amides is 1. The quantitative estimate of drug-likeness (QED) is 0.585. The molecule has 0 saturated carbocycles. The van der Waals surface area contributed by atoms with E-state index in [9.17, 15) is 18.0 Å². The Morgan fingerprint density at radius 1 is 1.23 bits per heavy atom. The number of benzene rings is 1. The summed E-state index contributed by atoms with van der Waals surface area (Å²) < 4.78 is 49.2. The third kappa shape index (κ3) is 4.55. The second-order valence-corrected chi connectivity index (χ2v) is 7.68. The predicted octanol–water partition coefficient (Wildman–Crippen LogP) is 4.05. The molecule has 1 aromatic carbocycles. The molecular weight excluding hydrogens is 439 g/mol. The molecule has 0 aliphatic carbocycles. The van der Waals surface area contributed by atoms with Gasteiger partial charge in [0.25, 0.3) is 0 Å². The largest absolute Gasteiger partial charge is 0.417 e. The molecule has 0 spiro atoms. The Kier molecular flexibility index (Phi) is 5.69. The van der Waals surface area contributed by atoms with E-state index in [1.54, 1.807) is 11.8 Å². The van der Waals surface area contributed by atoms with Crippen LogP contribution in [0.1, 0.15) is 41.6 Å². The first-order valence-electron chi connectivity index (χ1n) is 9.49. The molecule has 0 N–H and O–H groups in total. The van der Waals surface area contributed by atoms with Crippen molar-refractivity contribution >= 4 is 17.5 Å². The van der Waals surface area contributed by atoms with E-state index in [0.717, 1.165) is 12.1 Å². The SMILES string of the molecule is Cc1nonc1CC(=O)N1CCC(c2nc(-c3ccc(Cl)c(C(F)(F)F)c3)no2)CC1. The molecule has 1 saturated heterocycles. The Morgan fingerprint density at radius 2 is 1.97 bits per heavy atom. The van der Waals surface area contributed by atoms with E-state index in [-0.39, 0.29) is 29.6 Å². The molecule has 4 rings (SSSR count). The van der Waals surface area contributed by atoms with Crippen LogP contribution in [0.4, 0.5) is 13.2 Å². The van der Waals surface area contributed by atoms with Gasteiger partial charge in [-0.1, -0.05) is 27.1 Å². The fraction of sp³-hybridized carbons (Fsp3) is 0.421. The van der Waals surface area contributed by atoms with Crippen molar-refractivity contribution in [1.29, 1.82) is 0 Å². The highest BCUT2D eigenvalue weighted by molar-refractivity contribution is 6.31. The maximum atomic E-state index is 13.1. The van der Waals surface area contributed by atoms with Gasteiger partial charge in [-0.05, 0) is 38.0 Å². The van der Waals surface area contributed by atoms with E-state index in [4.69, 9.17) is 16.1 Å². The van der Waals surface area contributed by atoms with Crippen molar-refractivity contribution in [3.63, 3.8) is 0 Å². The minimum atomic E-state index is -4.58. The van der Waals surface area contributed by atoms with Crippen LogP contribution in [0, 0.1) is 6.92 Å². The van der Waals surface area contributed by atoms with Crippen molar-refractivity contribution in [2.24, 2.45) is 0 Å². The van der Waals surface area contributed by atoms with Crippen LogP contribution in [0.25, 0.3) is 11.4 Å². The maximum absolute atomic E-state index is 13.1. The third-order valence-electron chi connectivity index (χ3n) is 5.23. The molecular formula is C19H17ClF3N5O3. The van der Waals surface area contributed by atoms with E-state index in [0.29, 0.717) is 43.2 Å². The number of rotatable bonds is 4. The van der Waals surface area contributed by atoms with Gasteiger partial charge in [-0.3, -0.25) is 4.79 Å². The van der Waals surface area contributed by atoms with Gasteiger partial charge in [0.15, 0.2) is 0 Å². The topological polar surface area (TPSA) is 98.2 Å². The molecule has 164 valence electrons. The second kappa shape index (κ2) is 8.29. The lowest BCUT2D eigenvalue weighted by Crippen LogP contribution is -2.39. The number of hydrogen-bond acceptors (Lipinski definition) is 7. The molecule has 2 aromatic heterocycles. The Bertz CT molecular complexity index is 1090. The number of carbonyl (C=O) groups is 1. The summed E-state index contributed by atoms with van der Waals surface area (Å²) in [7, 11) is 0. The van der Waals surface area contributed by atoms with Crippen molar-refractivity contribution in [2.45, 2.75) is 38.3 Å². The van der Waals surface area contributed by atoms with Crippen molar-refractivity contribution in [1.82, 2.24) is 25.4 Å². The van der Waals surface area contributed by atoms with Crippen LogP contribution in [0.5, 0.6) is 0 Å². The standard InChI is InChI=1S/C19H17ClF3N5O3/c1-10-15(26-31-25-10)9-16(29)28-6-4-11(5-7-28)18-24-17(27-30-18)12-2-3-14(20)13(8-12)19(21,22)23/h2-3,8,11H,4-7,9H2,1H3. The fourth-order valence-corrected chi connectivity index (χ4v) is 3.67. The van der Waals surface area contributed by atoms with Crippen LogP contribution in [0.3, 0.4) is 0 Å². The molecule has 0 bridgehead atoms. The van der Waals surface area contributed by atoms with Gasteiger partial charge >= 0.3 is 6.18 Å². The van der Waals surface area contributed by atoms with Crippen LogP contribution in [0.2, 0.25) is 5.02 Å². The van der Waals surface area contributed by atoms with Crippen LogP contribution in [0.15, 0.2) is 27.4 Å². The summed E-state index contributed by atoms with van der Waals surface area (Å²) in [6, 6.07) is 3.47. The van der Waals surface area contributed by atoms with Crippen molar-refractivity contribution in [2.75, 3.05) is 13.1 Å². The zero-order valence-electron chi connectivity index (χ0n) is 16.3. The number of piperidine rings is 1. The lowest BCUT2D eigenvalue weighted by Gasteiger charge is -2.30. The minimum absolute atomic E-state index is 0.0599. The summed E-state index contributed by atoms with van der Waals surface area (Å²) >= 11 is 5.66. The third-order valence-corrected chi connectivity index (χ3v) is 5.56. The van der Waals surface area contributed by atoms with E-state index >= 15 is 0 Å². The Labute approximate surface area is 179 Å². The molecule has 3 heterocycles. The molecule has 3 aromatic rings. The Hall–Kier alpha value is -2.95. The van der Waals surface area contributed by atoms with Gasteiger partial charge in [0.2, 0.25) is 17.6 Å². The molecule has 8 nitrogen and oxygen atoms in total. The van der Waals surface area contributed by atoms with E-state index in [1.165, 1.54) is 6.07 Å². The molecule has 0 atom stereocenters. The normalized spacial score (nSPS) is 15.5. The number of nitrogens with zero attached hydrogens (tertiary/aromatic N) is 5. The molecule has 0 unspecified atom stereocenters. The molecule has 1 amide bonds. The number of aromatic nitrogens is 4. The first-order chi connectivity index (χ1) is 14.7. The zero-order chi connectivity index (χ0) is 22.2. The lowest BCUT2D eigenvalue weighted by molar-refractivity contribution is -0.137. The summed E-state index contributed by atoms with van der Waals surface area (Å²) in [5, 5.41) is 10.8.